The zero-order chi connectivity index (χ0) is 12.0. The summed E-state index contributed by atoms with van der Waals surface area (Å²) < 4.78 is 5.37. The summed E-state index contributed by atoms with van der Waals surface area (Å²) in [5, 5.41) is 3.47. The molecule has 0 aliphatic rings. The fourth-order valence-corrected chi connectivity index (χ4v) is 1.68. The van der Waals surface area contributed by atoms with E-state index in [4.69, 9.17) is 4.74 Å². The van der Waals surface area contributed by atoms with Crippen molar-refractivity contribution in [1.29, 1.82) is 0 Å². The molecule has 0 heterocycles. The van der Waals surface area contributed by atoms with Gasteiger partial charge in [0.25, 0.3) is 0 Å². The molecule has 2 nitrogen and oxygen atoms in total. The summed E-state index contributed by atoms with van der Waals surface area (Å²) >= 11 is 0. The van der Waals surface area contributed by atoms with E-state index < -0.39 is 0 Å². The summed E-state index contributed by atoms with van der Waals surface area (Å²) in [7, 11) is 0. The van der Waals surface area contributed by atoms with Gasteiger partial charge in [0.2, 0.25) is 0 Å². The summed E-state index contributed by atoms with van der Waals surface area (Å²) in [4.78, 5) is 0. The number of rotatable bonds is 6. The fourth-order valence-electron chi connectivity index (χ4n) is 1.68. The van der Waals surface area contributed by atoms with E-state index in [0.717, 1.165) is 19.8 Å². The van der Waals surface area contributed by atoms with Crippen LogP contribution in [0.25, 0.3) is 0 Å². The van der Waals surface area contributed by atoms with Crippen LogP contribution >= 0.6 is 0 Å². The summed E-state index contributed by atoms with van der Waals surface area (Å²) in [6.45, 7) is 11.0. The quantitative estimate of drug-likeness (QED) is 0.797. The first-order valence-electron chi connectivity index (χ1n) is 6.00. The lowest BCUT2D eigenvalue weighted by atomic mass is 10.1. The van der Waals surface area contributed by atoms with E-state index in [9.17, 15) is 0 Å². The molecule has 0 saturated heterocycles. The molecule has 0 aliphatic carbocycles. The van der Waals surface area contributed by atoms with Crippen LogP contribution in [0.5, 0.6) is 0 Å². The van der Waals surface area contributed by atoms with Crippen molar-refractivity contribution < 1.29 is 4.74 Å². The van der Waals surface area contributed by atoms with Crippen molar-refractivity contribution in [3.63, 3.8) is 0 Å². The van der Waals surface area contributed by atoms with Crippen LogP contribution in [0.15, 0.2) is 18.2 Å². The predicted molar refractivity (Wildman–Crippen MR) is 68.7 cm³/mol. The second-order valence-corrected chi connectivity index (χ2v) is 4.37. The Labute approximate surface area is 99.0 Å². The molecule has 0 spiro atoms. The monoisotopic (exact) mass is 221 g/mol. The second-order valence-electron chi connectivity index (χ2n) is 4.37. The van der Waals surface area contributed by atoms with Gasteiger partial charge in [-0.3, -0.25) is 0 Å². The van der Waals surface area contributed by atoms with Gasteiger partial charge in [0.15, 0.2) is 0 Å². The van der Waals surface area contributed by atoms with Gasteiger partial charge in [-0.2, -0.15) is 0 Å². The van der Waals surface area contributed by atoms with E-state index in [2.05, 4.69) is 44.3 Å². The molecule has 1 atom stereocenters. The Kier molecular flexibility index (Phi) is 5.50. The first-order chi connectivity index (χ1) is 7.63. The third kappa shape index (κ3) is 4.33. The Balaban J connectivity index is 2.42. The molecule has 0 aliphatic heterocycles. The summed E-state index contributed by atoms with van der Waals surface area (Å²) in [5.74, 6) is 0. The Bertz CT molecular complexity index is 323. The average Bonchev–Trinajstić information content (AvgIpc) is 2.25. The van der Waals surface area contributed by atoms with Crippen molar-refractivity contribution in [1.82, 2.24) is 5.32 Å². The topological polar surface area (TPSA) is 21.3 Å². The van der Waals surface area contributed by atoms with Crippen LogP contribution in [0.1, 0.15) is 30.5 Å². The smallest absolute Gasteiger partial charge is 0.0616 e. The molecule has 2 heteroatoms. The van der Waals surface area contributed by atoms with Crippen molar-refractivity contribution in [3.8, 4) is 0 Å². The maximum Gasteiger partial charge on any atom is 0.0616 e. The van der Waals surface area contributed by atoms with Crippen LogP contribution < -0.4 is 5.32 Å². The minimum Gasteiger partial charge on any atom is -0.380 e. The molecule has 0 fully saturated rings. The van der Waals surface area contributed by atoms with E-state index in [1.165, 1.54) is 16.7 Å². The number of hydrogen-bond donors (Lipinski definition) is 1. The highest BCUT2D eigenvalue weighted by atomic mass is 16.5. The lowest BCUT2D eigenvalue weighted by molar-refractivity contribution is 0.127. The van der Waals surface area contributed by atoms with Gasteiger partial charge in [-0.05, 0) is 38.8 Å². The van der Waals surface area contributed by atoms with Gasteiger partial charge < -0.3 is 10.1 Å². The molecule has 1 aromatic rings. The molecule has 1 rings (SSSR count). The third-order valence-corrected chi connectivity index (χ3v) is 2.71. The fraction of sp³-hybridized carbons (Fsp3) is 0.571. The molecule has 90 valence electrons. The highest BCUT2D eigenvalue weighted by molar-refractivity contribution is 5.30. The van der Waals surface area contributed by atoms with E-state index in [1.807, 2.05) is 6.92 Å². The van der Waals surface area contributed by atoms with Crippen molar-refractivity contribution in [3.05, 3.63) is 34.9 Å². The van der Waals surface area contributed by atoms with E-state index in [0.29, 0.717) is 6.04 Å². The first kappa shape index (κ1) is 13.2. The van der Waals surface area contributed by atoms with E-state index in [-0.39, 0.29) is 0 Å². The highest BCUT2D eigenvalue weighted by Gasteiger charge is 2.03. The molecule has 0 saturated carbocycles. The zero-order valence-electron chi connectivity index (χ0n) is 10.8. The third-order valence-electron chi connectivity index (χ3n) is 2.71. The van der Waals surface area contributed by atoms with Gasteiger partial charge in [-0.25, -0.2) is 0 Å². The van der Waals surface area contributed by atoms with E-state index >= 15 is 0 Å². The SMILES string of the molecule is CCOCC(C)NCc1ccc(C)cc1C. The average molecular weight is 221 g/mol. The molecule has 0 radical (unpaired) electrons. The van der Waals surface area contributed by atoms with Crippen molar-refractivity contribution in [2.75, 3.05) is 13.2 Å². The van der Waals surface area contributed by atoms with Crippen LogP contribution in [0, 0.1) is 13.8 Å². The van der Waals surface area contributed by atoms with Crippen LogP contribution in [-0.4, -0.2) is 19.3 Å². The number of hydrogen-bond acceptors (Lipinski definition) is 2. The van der Waals surface area contributed by atoms with Crippen molar-refractivity contribution in [2.24, 2.45) is 0 Å². The van der Waals surface area contributed by atoms with Gasteiger partial charge in [-0.1, -0.05) is 23.8 Å². The number of benzene rings is 1. The Morgan fingerprint density at radius 2 is 2.06 bits per heavy atom. The minimum absolute atomic E-state index is 0.403. The van der Waals surface area contributed by atoms with Gasteiger partial charge in [-0.15, -0.1) is 0 Å². The lowest BCUT2D eigenvalue weighted by Crippen LogP contribution is -2.30. The standard InChI is InChI=1S/C14H23NO/c1-5-16-10-13(4)15-9-14-7-6-11(2)8-12(14)3/h6-8,13,15H,5,9-10H2,1-4H3. The highest BCUT2D eigenvalue weighted by Crippen LogP contribution is 2.10. The molecule has 1 N–H and O–H groups in total. The molecule has 0 bridgehead atoms. The molecule has 1 unspecified atom stereocenters. The number of ether oxygens (including phenoxy) is 1. The van der Waals surface area contributed by atoms with Gasteiger partial charge in [0.1, 0.15) is 0 Å². The van der Waals surface area contributed by atoms with Crippen LogP contribution in [-0.2, 0) is 11.3 Å². The summed E-state index contributed by atoms with van der Waals surface area (Å²) in [6.07, 6.45) is 0. The molecule has 0 aromatic heterocycles. The number of nitrogens with one attached hydrogen (secondary N) is 1. The van der Waals surface area contributed by atoms with Crippen molar-refractivity contribution in [2.45, 2.75) is 40.3 Å². The first-order valence-corrected chi connectivity index (χ1v) is 6.00. The summed E-state index contributed by atoms with van der Waals surface area (Å²) in [6, 6.07) is 6.99. The van der Waals surface area contributed by atoms with E-state index in [1.54, 1.807) is 0 Å². The maximum atomic E-state index is 5.37. The maximum absolute atomic E-state index is 5.37. The molecular weight excluding hydrogens is 198 g/mol. The zero-order valence-corrected chi connectivity index (χ0v) is 10.8. The second kappa shape index (κ2) is 6.66. The Hall–Kier alpha value is -0.860. The van der Waals surface area contributed by atoms with Crippen molar-refractivity contribution >= 4 is 0 Å². The summed E-state index contributed by atoms with van der Waals surface area (Å²) in [5.41, 5.74) is 4.05. The Morgan fingerprint density at radius 3 is 2.69 bits per heavy atom. The molecule has 0 amide bonds. The Morgan fingerprint density at radius 1 is 1.31 bits per heavy atom. The predicted octanol–water partition coefficient (Wildman–Crippen LogP) is 2.82. The lowest BCUT2D eigenvalue weighted by Gasteiger charge is -2.15. The van der Waals surface area contributed by atoms with Crippen LogP contribution in [0.3, 0.4) is 0 Å². The molecular formula is C14H23NO. The van der Waals surface area contributed by atoms with Gasteiger partial charge >= 0.3 is 0 Å². The van der Waals surface area contributed by atoms with Crippen LogP contribution in [0.2, 0.25) is 0 Å². The van der Waals surface area contributed by atoms with Crippen LogP contribution in [0.4, 0.5) is 0 Å². The number of aryl methyl sites for hydroxylation is 2. The van der Waals surface area contributed by atoms with Gasteiger partial charge in [0.05, 0.1) is 6.61 Å². The molecule has 16 heavy (non-hydrogen) atoms. The largest absolute Gasteiger partial charge is 0.380 e. The minimum atomic E-state index is 0.403. The van der Waals surface area contributed by atoms with Gasteiger partial charge in [0, 0.05) is 19.2 Å². The molecule has 1 aromatic carbocycles. The normalized spacial score (nSPS) is 12.8.